The molecule has 1 aliphatic rings. The molecule has 4 rings (SSSR count). The number of aryl methyl sites for hydroxylation is 1. The molecule has 1 atom stereocenters. The van der Waals surface area contributed by atoms with Crippen LogP contribution in [0.15, 0.2) is 60.9 Å². The third-order valence-electron chi connectivity index (χ3n) is 4.44. The second kappa shape index (κ2) is 4.15. The molecule has 98 valence electrons. The van der Waals surface area contributed by atoms with Crippen LogP contribution in [0, 0.1) is 0 Å². The van der Waals surface area contributed by atoms with Gasteiger partial charge in [-0.1, -0.05) is 48.5 Å². The molecule has 0 amide bonds. The van der Waals surface area contributed by atoms with E-state index in [1.54, 1.807) is 0 Å². The third kappa shape index (κ3) is 1.52. The highest BCUT2D eigenvalue weighted by atomic mass is 14.8. The van der Waals surface area contributed by atoms with E-state index in [1.165, 1.54) is 16.5 Å². The fourth-order valence-electron chi connectivity index (χ4n) is 3.39. The summed E-state index contributed by atoms with van der Waals surface area (Å²) in [5, 5.41) is 2.36. The number of hydrogen-bond donors (Lipinski definition) is 1. The fraction of sp³-hybridized carbons (Fsp3) is 0.167. The molecule has 2 N–H and O–H groups in total. The van der Waals surface area contributed by atoms with Crippen LogP contribution < -0.4 is 5.73 Å². The topological polar surface area (TPSA) is 38.9 Å². The second-order valence-corrected chi connectivity index (χ2v) is 5.54. The molecule has 1 aromatic heterocycles. The molecular weight excluding hydrogens is 244 g/mol. The van der Waals surface area contributed by atoms with Gasteiger partial charge >= 0.3 is 0 Å². The van der Waals surface area contributed by atoms with Crippen molar-refractivity contribution in [3.8, 4) is 0 Å². The summed E-state index contributed by atoms with van der Waals surface area (Å²) in [5.74, 6) is 0. The predicted octanol–water partition coefficient (Wildman–Crippen LogP) is 3.38. The summed E-state index contributed by atoms with van der Waals surface area (Å²) in [5.41, 5.74) is 10.2. The first-order valence-corrected chi connectivity index (χ1v) is 6.99. The smallest absolute Gasteiger partial charge is 0.0692 e. The highest BCUT2D eigenvalue weighted by Crippen LogP contribution is 2.41. The van der Waals surface area contributed by atoms with Crippen molar-refractivity contribution in [1.82, 2.24) is 4.98 Å². The fourth-order valence-corrected chi connectivity index (χ4v) is 3.39. The third-order valence-corrected chi connectivity index (χ3v) is 4.44. The maximum atomic E-state index is 6.82. The molecule has 0 fully saturated rings. The van der Waals surface area contributed by atoms with Crippen molar-refractivity contribution in [2.45, 2.75) is 18.4 Å². The Kier molecular flexibility index (Phi) is 2.41. The van der Waals surface area contributed by atoms with E-state index in [4.69, 9.17) is 5.73 Å². The summed E-state index contributed by atoms with van der Waals surface area (Å²) in [6.07, 6.45) is 5.82. The van der Waals surface area contributed by atoms with Gasteiger partial charge in [0.2, 0.25) is 0 Å². The minimum atomic E-state index is -0.412. The van der Waals surface area contributed by atoms with E-state index in [1.807, 2.05) is 18.5 Å². The number of benzene rings is 2. The Bertz CT molecular complexity index is 789. The molecule has 1 heterocycles. The Hall–Kier alpha value is -2.19. The van der Waals surface area contributed by atoms with Gasteiger partial charge in [0, 0.05) is 23.3 Å². The predicted molar refractivity (Wildman–Crippen MR) is 81.5 cm³/mol. The average Bonchev–Trinajstić information content (AvgIpc) is 2.86. The van der Waals surface area contributed by atoms with Crippen LogP contribution in [-0.4, -0.2) is 4.98 Å². The molecular formula is C18H16N2. The molecule has 0 radical (unpaired) electrons. The molecule has 3 aromatic rings. The van der Waals surface area contributed by atoms with Gasteiger partial charge < -0.3 is 5.73 Å². The minimum absolute atomic E-state index is 0.412. The molecule has 2 aromatic carbocycles. The molecule has 20 heavy (non-hydrogen) atoms. The Balaban J connectivity index is 2.01. The summed E-state index contributed by atoms with van der Waals surface area (Å²) >= 11 is 0. The van der Waals surface area contributed by atoms with E-state index in [0.29, 0.717) is 0 Å². The number of nitrogens with zero attached hydrogens (tertiary/aromatic N) is 1. The zero-order valence-corrected chi connectivity index (χ0v) is 11.2. The minimum Gasteiger partial charge on any atom is -0.318 e. The molecule has 0 spiro atoms. The molecule has 0 bridgehead atoms. The van der Waals surface area contributed by atoms with Crippen LogP contribution in [0.2, 0.25) is 0 Å². The highest BCUT2D eigenvalue weighted by molar-refractivity contribution is 5.86. The Morgan fingerprint density at radius 3 is 2.65 bits per heavy atom. The maximum Gasteiger partial charge on any atom is 0.0692 e. The van der Waals surface area contributed by atoms with Gasteiger partial charge in [0.1, 0.15) is 0 Å². The lowest BCUT2D eigenvalue weighted by Gasteiger charge is -2.27. The van der Waals surface area contributed by atoms with E-state index in [0.717, 1.165) is 23.8 Å². The monoisotopic (exact) mass is 260 g/mol. The number of fused-ring (bicyclic) bond motifs is 2. The van der Waals surface area contributed by atoms with Crippen LogP contribution in [0.5, 0.6) is 0 Å². The Morgan fingerprint density at radius 2 is 1.70 bits per heavy atom. The van der Waals surface area contributed by atoms with Crippen molar-refractivity contribution in [3.05, 3.63) is 77.6 Å². The van der Waals surface area contributed by atoms with Gasteiger partial charge in [0.15, 0.2) is 0 Å². The zero-order valence-electron chi connectivity index (χ0n) is 11.2. The van der Waals surface area contributed by atoms with Crippen LogP contribution in [0.1, 0.15) is 23.1 Å². The molecule has 2 nitrogen and oxygen atoms in total. The number of pyridine rings is 1. The van der Waals surface area contributed by atoms with Gasteiger partial charge in [-0.3, -0.25) is 4.98 Å². The summed E-state index contributed by atoms with van der Waals surface area (Å²) in [7, 11) is 0. The van der Waals surface area contributed by atoms with Crippen LogP contribution in [-0.2, 0) is 12.0 Å². The Morgan fingerprint density at radius 1 is 0.900 bits per heavy atom. The van der Waals surface area contributed by atoms with Crippen LogP contribution >= 0.6 is 0 Å². The Labute approximate surface area is 118 Å². The summed E-state index contributed by atoms with van der Waals surface area (Å²) in [4.78, 5) is 4.40. The second-order valence-electron chi connectivity index (χ2n) is 5.54. The quantitative estimate of drug-likeness (QED) is 0.728. The lowest BCUT2D eigenvalue weighted by Crippen LogP contribution is -2.35. The van der Waals surface area contributed by atoms with Gasteiger partial charge in [-0.15, -0.1) is 0 Å². The average molecular weight is 260 g/mol. The molecule has 0 aliphatic heterocycles. The standard InChI is InChI=1S/C18H16N2/c19-18(10-9-13-5-2-4-8-16(13)18)17-12-20-11-14-6-1-3-7-15(14)17/h1-8,11-12H,9-10,19H2. The van der Waals surface area contributed by atoms with Crippen molar-refractivity contribution in [2.75, 3.05) is 0 Å². The summed E-state index contributed by atoms with van der Waals surface area (Å²) in [6, 6.07) is 16.8. The van der Waals surface area contributed by atoms with E-state index in [-0.39, 0.29) is 0 Å². The van der Waals surface area contributed by atoms with E-state index in [2.05, 4.69) is 47.4 Å². The van der Waals surface area contributed by atoms with Gasteiger partial charge in [0.05, 0.1) is 5.54 Å². The number of aromatic nitrogens is 1. The first-order valence-electron chi connectivity index (χ1n) is 6.99. The van der Waals surface area contributed by atoms with Crippen molar-refractivity contribution >= 4 is 10.8 Å². The van der Waals surface area contributed by atoms with Crippen molar-refractivity contribution < 1.29 is 0 Å². The van der Waals surface area contributed by atoms with Gasteiger partial charge in [-0.25, -0.2) is 0 Å². The van der Waals surface area contributed by atoms with Gasteiger partial charge in [-0.2, -0.15) is 0 Å². The molecule has 0 saturated heterocycles. The number of rotatable bonds is 1. The van der Waals surface area contributed by atoms with E-state index >= 15 is 0 Å². The number of nitrogens with two attached hydrogens (primary N) is 1. The SMILES string of the molecule is NC1(c2cncc3ccccc23)CCc2ccccc21. The van der Waals surface area contributed by atoms with Crippen molar-refractivity contribution in [1.29, 1.82) is 0 Å². The van der Waals surface area contributed by atoms with Crippen molar-refractivity contribution in [3.63, 3.8) is 0 Å². The van der Waals surface area contributed by atoms with Gasteiger partial charge in [-0.05, 0) is 29.4 Å². The normalized spacial score (nSPS) is 21.1. The molecule has 1 unspecified atom stereocenters. The van der Waals surface area contributed by atoms with Crippen LogP contribution in [0.25, 0.3) is 10.8 Å². The summed E-state index contributed by atoms with van der Waals surface area (Å²) in [6.45, 7) is 0. The van der Waals surface area contributed by atoms with Crippen molar-refractivity contribution in [2.24, 2.45) is 5.73 Å². The molecule has 0 saturated carbocycles. The van der Waals surface area contributed by atoms with E-state index in [9.17, 15) is 0 Å². The lowest BCUT2D eigenvalue weighted by atomic mass is 9.84. The lowest BCUT2D eigenvalue weighted by molar-refractivity contribution is 0.537. The molecule has 2 heteroatoms. The first-order chi connectivity index (χ1) is 9.79. The highest BCUT2D eigenvalue weighted by Gasteiger charge is 2.37. The number of hydrogen-bond acceptors (Lipinski definition) is 2. The van der Waals surface area contributed by atoms with Crippen LogP contribution in [0.4, 0.5) is 0 Å². The zero-order chi connectivity index (χ0) is 13.6. The first kappa shape index (κ1) is 11.6. The van der Waals surface area contributed by atoms with Gasteiger partial charge in [0.25, 0.3) is 0 Å². The van der Waals surface area contributed by atoms with E-state index < -0.39 is 5.54 Å². The van der Waals surface area contributed by atoms with Crippen LogP contribution in [0.3, 0.4) is 0 Å². The maximum absolute atomic E-state index is 6.82. The summed E-state index contributed by atoms with van der Waals surface area (Å²) < 4.78 is 0. The molecule has 1 aliphatic carbocycles. The largest absolute Gasteiger partial charge is 0.318 e.